The lowest BCUT2D eigenvalue weighted by molar-refractivity contribution is -0.385. The van der Waals surface area contributed by atoms with Gasteiger partial charge in [-0.1, -0.05) is 43.3 Å². The van der Waals surface area contributed by atoms with Crippen LogP contribution in [0.5, 0.6) is 0 Å². The fourth-order valence-corrected chi connectivity index (χ4v) is 2.38. The molecule has 2 rings (SSSR count). The summed E-state index contributed by atoms with van der Waals surface area (Å²) in [6.07, 6.45) is 1.01. The number of aryl methyl sites for hydroxylation is 2. The van der Waals surface area contributed by atoms with Crippen LogP contribution in [0.4, 0.5) is 5.69 Å². The maximum absolute atomic E-state index is 10.9. The zero-order valence-corrected chi connectivity index (χ0v) is 12.4. The largest absolute Gasteiger partial charge is 0.309 e. The predicted molar refractivity (Wildman–Crippen MR) is 84.2 cm³/mol. The van der Waals surface area contributed by atoms with Crippen LogP contribution in [0, 0.1) is 17.0 Å². The Morgan fingerprint density at radius 1 is 1.10 bits per heavy atom. The van der Waals surface area contributed by atoms with Gasteiger partial charge in [0.1, 0.15) is 0 Å². The fourth-order valence-electron chi connectivity index (χ4n) is 2.38. The van der Waals surface area contributed by atoms with E-state index in [1.54, 1.807) is 19.1 Å². The van der Waals surface area contributed by atoms with E-state index < -0.39 is 0 Å². The van der Waals surface area contributed by atoms with Crippen LogP contribution >= 0.6 is 0 Å². The molecule has 0 fully saturated rings. The molecule has 110 valence electrons. The van der Waals surface area contributed by atoms with Gasteiger partial charge in [0.2, 0.25) is 0 Å². The lowest BCUT2D eigenvalue weighted by Gasteiger charge is -2.09. The minimum absolute atomic E-state index is 0.184. The molecule has 1 N–H and O–H groups in total. The first-order chi connectivity index (χ1) is 10.1. The summed E-state index contributed by atoms with van der Waals surface area (Å²) in [7, 11) is 0. The predicted octanol–water partition coefficient (Wildman–Crippen LogP) is 3.76. The Balaban J connectivity index is 2.00. The van der Waals surface area contributed by atoms with Crippen molar-refractivity contribution in [2.45, 2.75) is 33.4 Å². The molecule has 0 saturated carbocycles. The zero-order chi connectivity index (χ0) is 15.2. The van der Waals surface area contributed by atoms with Crippen molar-refractivity contribution in [1.82, 2.24) is 5.32 Å². The summed E-state index contributed by atoms with van der Waals surface area (Å²) in [5, 5.41) is 14.3. The van der Waals surface area contributed by atoms with Gasteiger partial charge in [0.15, 0.2) is 0 Å². The van der Waals surface area contributed by atoms with Gasteiger partial charge in [-0.05, 0) is 30.0 Å². The molecule has 0 heterocycles. The van der Waals surface area contributed by atoms with Crippen molar-refractivity contribution < 1.29 is 4.92 Å². The summed E-state index contributed by atoms with van der Waals surface area (Å²) in [6, 6.07) is 13.7. The van der Waals surface area contributed by atoms with E-state index in [-0.39, 0.29) is 10.6 Å². The fraction of sp³-hybridized carbons (Fsp3) is 0.294. The van der Waals surface area contributed by atoms with Crippen molar-refractivity contribution in [2.24, 2.45) is 0 Å². The second kappa shape index (κ2) is 6.99. The van der Waals surface area contributed by atoms with Crippen LogP contribution in [-0.2, 0) is 19.5 Å². The minimum Gasteiger partial charge on any atom is -0.309 e. The van der Waals surface area contributed by atoms with E-state index in [0.717, 1.165) is 18.5 Å². The minimum atomic E-state index is -0.328. The van der Waals surface area contributed by atoms with Gasteiger partial charge in [-0.3, -0.25) is 10.1 Å². The van der Waals surface area contributed by atoms with Crippen LogP contribution in [0.2, 0.25) is 0 Å². The lowest BCUT2D eigenvalue weighted by atomic mass is 10.1. The van der Waals surface area contributed by atoms with Crippen molar-refractivity contribution >= 4 is 5.69 Å². The molecule has 0 spiro atoms. The van der Waals surface area contributed by atoms with E-state index in [9.17, 15) is 10.1 Å². The topological polar surface area (TPSA) is 55.2 Å². The van der Waals surface area contributed by atoms with Crippen molar-refractivity contribution in [2.75, 3.05) is 0 Å². The Kier molecular flexibility index (Phi) is 5.06. The van der Waals surface area contributed by atoms with Crippen LogP contribution in [0.1, 0.15) is 29.2 Å². The van der Waals surface area contributed by atoms with Gasteiger partial charge >= 0.3 is 0 Å². The van der Waals surface area contributed by atoms with Gasteiger partial charge in [-0.25, -0.2) is 0 Å². The van der Waals surface area contributed by atoms with Crippen LogP contribution in [0.3, 0.4) is 0 Å². The van der Waals surface area contributed by atoms with Gasteiger partial charge in [0, 0.05) is 24.7 Å². The van der Waals surface area contributed by atoms with Crippen molar-refractivity contribution in [3.63, 3.8) is 0 Å². The first-order valence-electron chi connectivity index (χ1n) is 7.13. The molecule has 2 aromatic carbocycles. The van der Waals surface area contributed by atoms with Gasteiger partial charge in [-0.15, -0.1) is 0 Å². The van der Waals surface area contributed by atoms with Crippen LogP contribution in [0.15, 0.2) is 42.5 Å². The molecule has 0 amide bonds. The van der Waals surface area contributed by atoms with E-state index in [2.05, 4.69) is 24.4 Å². The highest BCUT2D eigenvalue weighted by atomic mass is 16.6. The average Bonchev–Trinajstić information content (AvgIpc) is 2.49. The molecule has 0 saturated heterocycles. The number of hydrogen-bond acceptors (Lipinski definition) is 3. The summed E-state index contributed by atoms with van der Waals surface area (Å²) in [4.78, 5) is 10.6. The summed E-state index contributed by atoms with van der Waals surface area (Å²) in [6.45, 7) is 5.29. The maximum Gasteiger partial charge on any atom is 0.272 e. The number of rotatable bonds is 6. The van der Waals surface area contributed by atoms with E-state index >= 15 is 0 Å². The van der Waals surface area contributed by atoms with E-state index in [0.29, 0.717) is 12.1 Å². The molecule has 4 nitrogen and oxygen atoms in total. The summed E-state index contributed by atoms with van der Waals surface area (Å²) in [5.41, 5.74) is 4.42. The Labute approximate surface area is 125 Å². The molecule has 0 aliphatic heterocycles. The molecule has 21 heavy (non-hydrogen) atoms. The van der Waals surface area contributed by atoms with Crippen LogP contribution in [-0.4, -0.2) is 4.92 Å². The Hall–Kier alpha value is -2.20. The monoisotopic (exact) mass is 284 g/mol. The molecule has 0 aromatic heterocycles. The third kappa shape index (κ3) is 3.89. The van der Waals surface area contributed by atoms with Crippen molar-refractivity contribution in [1.29, 1.82) is 0 Å². The highest BCUT2D eigenvalue weighted by Crippen LogP contribution is 2.19. The van der Waals surface area contributed by atoms with Gasteiger partial charge in [0.25, 0.3) is 5.69 Å². The standard InChI is InChI=1S/C17H20N2O2/c1-3-15-6-4-5-7-16(15)12-18-11-14-9-8-13(2)17(10-14)19(20)21/h4-10,18H,3,11-12H2,1-2H3. The summed E-state index contributed by atoms with van der Waals surface area (Å²) in [5.74, 6) is 0. The average molecular weight is 284 g/mol. The second-order valence-corrected chi connectivity index (χ2v) is 5.10. The Bertz CT molecular complexity index is 638. The number of benzene rings is 2. The number of nitro benzene ring substituents is 1. The van der Waals surface area contributed by atoms with E-state index in [4.69, 9.17) is 0 Å². The Morgan fingerprint density at radius 3 is 2.48 bits per heavy atom. The van der Waals surface area contributed by atoms with E-state index in [1.165, 1.54) is 11.1 Å². The number of nitrogens with zero attached hydrogens (tertiary/aromatic N) is 1. The normalized spacial score (nSPS) is 10.6. The molecule has 2 aromatic rings. The molecule has 4 heteroatoms. The smallest absolute Gasteiger partial charge is 0.272 e. The third-order valence-electron chi connectivity index (χ3n) is 3.61. The molecule has 0 bridgehead atoms. The SMILES string of the molecule is CCc1ccccc1CNCc1ccc(C)c([N+](=O)[O-])c1. The summed E-state index contributed by atoms with van der Waals surface area (Å²) < 4.78 is 0. The van der Waals surface area contributed by atoms with Gasteiger partial charge in [-0.2, -0.15) is 0 Å². The number of nitro groups is 1. The highest BCUT2D eigenvalue weighted by molar-refractivity contribution is 5.42. The second-order valence-electron chi connectivity index (χ2n) is 5.10. The first-order valence-corrected chi connectivity index (χ1v) is 7.13. The van der Waals surface area contributed by atoms with Gasteiger partial charge < -0.3 is 5.32 Å². The number of hydrogen-bond donors (Lipinski definition) is 1. The van der Waals surface area contributed by atoms with Crippen LogP contribution in [0.25, 0.3) is 0 Å². The molecule has 0 unspecified atom stereocenters. The molecular weight excluding hydrogens is 264 g/mol. The maximum atomic E-state index is 10.9. The Morgan fingerprint density at radius 2 is 1.81 bits per heavy atom. The zero-order valence-electron chi connectivity index (χ0n) is 12.4. The van der Waals surface area contributed by atoms with Gasteiger partial charge in [0.05, 0.1) is 4.92 Å². The first kappa shape index (κ1) is 15.2. The molecule has 0 radical (unpaired) electrons. The lowest BCUT2D eigenvalue weighted by Crippen LogP contribution is -2.14. The third-order valence-corrected chi connectivity index (χ3v) is 3.61. The summed E-state index contributed by atoms with van der Waals surface area (Å²) >= 11 is 0. The number of nitrogens with one attached hydrogen (secondary N) is 1. The molecule has 0 atom stereocenters. The highest BCUT2D eigenvalue weighted by Gasteiger charge is 2.10. The quantitative estimate of drug-likeness (QED) is 0.649. The van der Waals surface area contributed by atoms with Crippen LogP contribution < -0.4 is 5.32 Å². The van der Waals surface area contributed by atoms with E-state index in [1.807, 2.05) is 18.2 Å². The molecular formula is C17H20N2O2. The molecule has 0 aliphatic rings. The van der Waals surface area contributed by atoms with Crippen molar-refractivity contribution in [3.05, 3.63) is 74.8 Å². The molecule has 0 aliphatic carbocycles. The van der Waals surface area contributed by atoms with Crippen molar-refractivity contribution in [3.8, 4) is 0 Å².